The summed E-state index contributed by atoms with van der Waals surface area (Å²) in [4.78, 5) is 65.5. The van der Waals surface area contributed by atoms with Crippen LogP contribution >= 0.6 is 11.6 Å². The number of aliphatic hydroxyl groups is 1. The lowest BCUT2D eigenvalue weighted by Gasteiger charge is -2.31. The van der Waals surface area contributed by atoms with Crippen molar-refractivity contribution < 1.29 is 73.0 Å². The van der Waals surface area contributed by atoms with Gasteiger partial charge in [0.25, 0.3) is 11.8 Å². The second kappa shape index (κ2) is 17.5. The highest BCUT2D eigenvalue weighted by atomic mass is 35.5. The molecule has 4 amide bonds. The molecular formula is C33H36ClF7N4O9S. The van der Waals surface area contributed by atoms with Gasteiger partial charge in [0.2, 0.25) is 17.6 Å². The maximum atomic E-state index is 15.1. The molecule has 1 fully saturated rings. The molecule has 1 aliphatic rings. The van der Waals surface area contributed by atoms with Gasteiger partial charge in [-0.2, -0.15) is 30.7 Å². The van der Waals surface area contributed by atoms with Gasteiger partial charge in [-0.15, -0.1) is 0 Å². The van der Waals surface area contributed by atoms with Gasteiger partial charge in [0.15, 0.2) is 9.84 Å². The predicted octanol–water partition coefficient (Wildman–Crippen LogP) is 2.53. The van der Waals surface area contributed by atoms with E-state index < -0.39 is 124 Å². The molecule has 1 aliphatic heterocycles. The third-order valence-electron chi connectivity index (χ3n) is 8.43. The summed E-state index contributed by atoms with van der Waals surface area (Å²) in [6.07, 6.45) is -5.90. The number of amides is 4. The number of sulfone groups is 1. The van der Waals surface area contributed by atoms with Gasteiger partial charge in [0, 0.05) is 17.1 Å². The summed E-state index contributed by atoms with van der Waals surface area (Å²) in [5.41, 5.74) is -0.676. The molecule has 22 heteroatoms. The van der Waals surface area contributed by atoms with E-state index in [9.17, 15) is 59.4 Å². The molecule has 0 saturated carbocycles. The molecule has 0 radical (unpaired) electrons. The van der Waals surface area contributed by atoms with Crippen molar-refractivity contribution in [3.8, 4) is 5.75 Å². The molecule has 304 valence electrons. The SMILES string of the molecule is COc1ccc(CS(=O)(=O)[C@@H]2C[C@@H](C(=O)NC(C(=O)C(F)(F)C(=O)NCC(F)(F)F)C(C)C)N(C(=O)C(CO)NC(=O)C(F)(F)c3cccc(Cl)c3)C2)cc1. The van der Waals surface area contributed by atoms with E-state index in [4.69, 9.17) is 16.3 Å². The monoisotopic (exact) mass is 832 g/mol. The minimum atomic E-state index is -5.12. The van der Waals surface area contributed by atoms with Crippen LogP contribution in [0.3, 0.4) is 0 Å². The van der Waals surface area contributed by atoms with Crippen molar-refractivity contribution in [3.63, 3.8) is 0 Å². The van der Waals surface area contributed by atoms with Crippen molar-refractivity contribution in [1.82, 2.24) is 20.9 Å². The summed E-state index contributed by atoms with van der Waals surface area (Å²) >= 11 is 5.75. The molecule has 4 atom stereocenters. The van der Waals surface area contributed by atoms with Crippen LogP contribution in [0.25, 0.3) is 0 Å². The first-order valence-electron chi connectivity index (χ1n) is 16.1. The number of Topliss-reactive ketones (excluding diaryl/α,β-unsaturated/α-hetero) is 1. The summed E-state index contributed by atoms with van der Waals surface area (Å²) < 4.78 is 130. The summed E-state index contributed by atoms with van der Waals surface area (Å²) in [6.45, 7) is -2.21. The lowest BCUT2D eigenvalue weighted by Crippen LogP contribution is -2.60. The zero-order chi connectivity index (χ0) is 41.7. The highest BCUT2D eigenvalue weighted by Crippen LogP contribution is 2.32. The predicted molar refractivity (Wildman–Crippen MR) is 180 cm³/mol. The Morgan fingerprint density at radius 2 is 1.58 bits per heavy atom. The van der Waals surface area contributed by atoms with Crippen LogP contribution in [0.5, 0.6) is 5.75 Å². The fraction of sp³-hybridized carbons (Fsp3) is 0.485. The van der Waals surface area contributed by atoms with Crippen molar-refractivity contribution in [2.45, 2.75) is 67.4 Å². The second-order valence-electron chi connectivity index (χ2n) is 12.8. The third kappa shape index (κ3) is 11.1. The van der Waals surface area contributed by atoms with E-state index in [2.05, 4.69) is 0 Å². The van der Waals surface area contributed by atoms with E-state index in [1.54, 1.807) is 5.32 Å². The highest BCUT2D eigenvalue weighted by Gasteiger charge is 2.53. The van der Waals surface area contributed by atoms with Crippen LogP contribution in [0.1, 0.15) is 31.4 Å². The molecule has 2 unspecified atom stereocenters. The molecule has 0 spiro atoms. The number of rotatable bonds is 16. The van der Waals surface area contributed by atoms with Crippen LogP contribution in [0.4, 0.5) is 30.7 Å². The number of nitrogens with zero attached hydrogens (tertiary/aromatic N) is 1. The van der Waals surface area contributed by atoms with Gasteiger partial charge < -0.3 is 30.7 Å². The van der Waals surface area contributed by atoms with Gasteiger partial charge in [-0.25, -0.2) is 8.42 Å². The number of aliphatic hydroxyl groups excluding tert-OH is 1. The molecule has 2 aromatic carbocycles. The number of methoxy groups -OCH3 is 1. The number of ether oxygens (including phenoxy) is 1. The number of alkyl halides is 7. The molecule has 0 bridgehead atoms. The quantitative estimate of drug-likeness (QED) is 0.146. The van der Waals surface area contributed by atoms with Crippen LogP contribution in [0.15, 0.2) is 48.5 Å². The molecule has 3 rings (SSSR count). The Balaban J connectivity index is 1.96. The van der Waals surface area contributed by atoms with Crippen molar-refractivity contribution in [2.75, 3.05) is 26.8 Å². The topological polar surface area (TPSA) is 188 Å². The van der Waals surface area contributed by atoms with Gasteiger partial charge in [-0.1, -0.05) is 49.7 Å². The Morgan fingerprint density at radius 1 is 0.964 bits per heavy atom. The summed E-state index contributed by atoms with van der Waals surface area (Å²) in [6, 6.07) is 3.11. The minimum Gasteiger partial charge on any atom is -0.497 e. The number of likely N-dealkylation sites (tertiary alicyclic amines) is 1. The number of halogens is 8. The normalized spacial score (nSPS) is 17.7. The molecule has 1 saturated heterocycles. The molecule has 2 aromatic rings. The maximum Gasteiger partial charge on any atom is 0.405 e. The molecule has 4 N–H and O–H groups in total. The summed E-state index contributed by atoms with van der Waals surface area (Å²) in [5, 5.41) is 12.7. The van der Waals surface area contributed by atoms with E-state index in [-0.39, 0.29) is 10.6 Å². The van der Waals surface area contributed by atoms with Gasteiger partial charge in [0.1, 0.15) is 24.4 Å². The Kier molecular flexibility index (Phi) is 14.3. The zero-order valence-corrected chi connectivity index (χ0v) is 30.7. The first kappa shape index (κ1) is 44.9. The van der Waals surface area contributed by atoms with Crippen LogP contribution in [-0.2, 0) is 45.5 Å². The van der Waals surface area contributed by atoms with E-state index >= 15 is 8.78 Å². The van der Waals surface area contributed by atoms with Crippen molar-refractivity contribution in [2.24, 2.45) is 5.92 Å². The van der Waals surface area contributed by atoms with E-state index in [0.29, 0.717) is 10.6 Å². The Morgan fingerprint density at radius 3 is 2.11 bits per heavy atom. The number of nitrogens with one attached hydrogen (secondary N) is 3. The number of benzene rings is 2. The van der Waals surface area contributed by atoms with Gasteiger partial charge >= 0.3 is 18.0 Å². The summed E-state index contributed by atoms with van der Waals surface area (Å²) in [7, 11) is -2.96. The fourth-order valence-corrected chi connectivity index (χ4v) is 7.40. The standard InChI is InChI=1S/C33H36ClF7N4O9S/c1-17(2)25(26(47)33(40,41)29(50)42-16-31(35,36)37)44-27(48)24-12-22(55(52,53)15-18-7-9-21(54-3)10-8-18)13-45(24)28(49)23(14-46)43-30(51)32(38,39)19-5-4-6-20(34)11-19/h4-11,17,22-25,46H,12-16H2,1-3H3,(H,42,50)(H,43,51)(H,44,48)/t22-,23?,24+,25?/m1/s1. The van der Waals surface area contributed by atoms with Gasteiger partial charge in [-0.05, 0) is 42.2 Å². The lowest BCUT2D eigenvalue weighted by atomic mass is 9.94. The first-order valence-corrected chi connectivity index (χ1v) is 18.2. The number of hydrogen-bond donors (Lipinski definition) is 4. The van der Waals surface area contributed by atoms with Crippen molar-refractivity contribution in [3.05, 3.63) is 64.7 Å². The van der Waals surface area contributed by atoms with Crippen LogP contribution in [-0.4, -0.2) is 110 Å². The molecule has 13 nitrogen and oxygen atoms in total. The first-order chi connectivity index (χ1) is 25.3. The molecule has 1 heterocycles. The van der Waals surface area contributed by atoms with Crippen LogP contribution in [0.2, 0.25) is 5.02 Å². The Hall–Kier alpha value is -4.50. The van der Waals surface area contributed by atoms with E-state index in [0.717, 1.165) is 37.4 Å². The average Bonchev–Trinajstić information content (AvgIpc) is 3.57. The lowest BCUT2D eigenvalue weighted by molar-refractivity contribution is -0.165. The molecule has 0 aliphatic carbocycles. The highest BCUT2D eigenvalue weighted by molar-refractivity contribution is 7.91. The Labute approximate surface area is 314 Å². The maximum absolute atomic E-state index is 15.1. The van der Waals surface area contributed by atoms with E-state index in [1.807, 2.05) is 5.32 Å². The minimum absolute atomic E-state index is 0.176. The van der Waals surface area contributed by atoms with E-state index in [1.165, 1.54) is 37.4 Å². The number of hydrogen-bond acceptors (Lipinski definition) is 9. The number of ketones is 1. The number of carbonyl (C=O) groups excluding carboxylic acids is 5. The Bertz CT molecular complexity index is 1870. The zero-order valence-electron chi connectivity index (χ0n) is 29.1. The van der Waals surface area contributed by atoms with Crippen molar-refractivity contribution >= 4 is 50.9 Å². The average molecular weight is 833 g/mol. The van der Waals surface area contributed by atoms with Crippen LogP contribution < -0.4 is 20.7 Å². The van der Waals surface area contributed by atoms with Gasteiger partial charge in [-0.3, -0.25) is 24.0 Å². The molecular weight excluding hydrogens is 797 g/mol. The second-order valence-corrected chi connectivity index (χ2v) is 15.5. The third-order valence-corrected chi connectivity index (χ3v) is 10.8. The summed E-state index contributed by atoms with van der Waals surface area (Å²) in [5.74, 6) is -21.1. The smallest absolute Gasteiger partial charge is 0.405 e. The van der Waals surface area contributed by atoms with Gasteiger partial charge in [0.05, 0.1) is 30.8 Å². The fourth-order valence-electron chi connectivity index (χ4n) is 5.45. The van der Waals surface area contributed by atoms with Crippen LogP contribution in [0, 0.1) is 5.92 Å². The molecule has 55 heavy (non-hydrogen) atoms. The molecule has 0 aromatic heterocycles. The van der Waals surface area contributed by atoms with Crippen molar-refractivity contribution in [1.29, 1.82) is 0 Å². The number of carbonyl (C=O) groups is 5. The largest absolute Gasteiger partial charge is 0.497 e.